The molecule has 1 N–H and O–H groups in total. The molecule has 0 aliphatic carbocycles. The van der Waals surface area contributed by atoms with Crippen molar-refractivity contribution in [3.8, 4) is 11.5 Å². The van der Waals surface area contributed by atoms with E-state index < -0.39 is 0 Å². The van der Waals surface area contributed by atoms with E-state index in [0.717, 1.165) is 17.1 Å². The molecule has 0 amide bonds. The second-order valence-electron chi connectivity index (χ2n) is 4.96. The molecular formula is C18H23NO2. The number of methoxy groups -OCH3 is 1. The number of rotatable bonds is 6. The van der Waals surface area contributed by atoms with Gasteiger partial charge in [-0.2, -0.15) is 0 Å². The first-order chi connectivity index (χ1) is 10.2. The highest BCUT2D eigenvalue weighted by Gasteiger charge is 2.14. The summed E-state index contributed by atoms with van der Waals surface area (Å²) in [7, 11) is 3.67. The molecular weight excluding hydrogens is 262 g/mol. The minimum atomic E-state index is 0.111. The highest BCUT2D eigenvalue weighted by molar-refractivity contribution is 5.42. The fraction of sp³-hybridized carbons (Fsp3) is 0.333. The van der Waals surface area contributed by atoms with Gasteiger partial charge in [-0.15, -0.1) is 0 Å². The Morgan fingerprint density at radius 2 is 1.86 bits per heavy atom. The van der Waals surface area contributed by atoms with E-state index in [-0.39, 0.29) is 6.04 Å². The van der Waals surface area contributed by atoms with Gasteiger partial charge < -0.3 is 14.8 Å². The van der Waals surface area contributed by atoms with Gasteiger partial charge in [-0.05, 0) is 55.8 Å². The normalized spacial score (nSPS) is 12.0. The topological polar surface area (TPSA) is 30.5 Å². The molecule has 3 nitrogen and oxygen atoms in total. The number of hydrogen-bond donors (Lipinski definition) is 1. The van der Waals surface area contributed by atoms with Gasteiger partial charge in [0.15, 0.2) is 0 Å². The molecule has 3 heteroatoms. The average Bonchev–Trinajstić information content (AvgIpc) is 2.50. The third-order valence-corrected chi connectivity index (χ3v) is 3.56. The van der Waals surface area contributed by atoms with Crippen LogP contribution in [0.2, 0.25) is 0 Å². The Morgan fingerprint density at radius 1 is 1.10 bits per heavy atom. The summed E-state index contributed by atoms with van der Waals surface area (Å²) in [6.45, 7) is 4.71. The molecule has 0 heterocycles. The quantitative estimate of drug-likeness (QED) is 0.877. The van der Waals surface area contributed by atoms with Crippen LogP contribution in [-0.2, 0) is 0 Å². The van der Waals surface area contributed by atoms with Crippen molar-refractivity contribution in [2.45, 2.75) is 19.9 Å². The van der Waals surface area contributed by atoms with Gasteiger partial charge in [-0.1, -0.05) is 24.3 Å². The number of aryl methyl sites for hydroxylation is 1. The maximum atomic E-state index is 5.59. The molecule has 0 saturated carbocycles. The number of nitrogens with one attached hydrogen (secondary N) is 1. The van der Waals surface area contributed by atoms with Crippen molar-refractivity contribution in [1.29, 1.82) is 0 Å². The van der Waals surface area contributed by atoms with E-state index in [0.29, 0.717) is 6.61 Å². The largest absolute Gasteiger partial charge is 0.496 e. The van der Waals surface area contributed by atoms with Crippen molar-refractivity contribution in [2.24, 2.45) is 0 Å². The van der Waals surface area contributed by atoms with Crippen molar-refractivity contribution in [3.05, 3.63) is 59.2 Å². The molecule has 0 fully saturated rings. The van der Waals surface area contributed by atoms with Gasteiger partial charge in [-0.25, -0.2) is 0 Å². The Morgan fingerprint density at radius 3 is 2.52 bits per heavy atom. The molecule has 0 aliphatic heterocycles. The smallest absolute Gasteiger partial charge is 0.122 e. The number of hydrogen-bond acceptors (Lipinski definition) is 3. The van der Waals surface area contributed by atoms with Crippen molar-refractivity contribution >= 4 is 0 Å². The number of benzene rings is 2. The van der Waals surface area contributed by atoms with Gasteiger partial charge in [0.05, 0.1) is 19.8 Å². The van der Waals surface area contributed by atoms with Crippen LogP contribution in [0.3, 0.4) is 0 Å². The van der Waals surface area contributed by atoms with Crippen LogP contribution in [0.15, 0.2) is 42.5 Å². The summed E-state index contributed by atoms with van der Waals surface area (Å²) in [5.74, 6) is 1.81. The zero-order chi connectivity index (χ0) is 15.2. The van der Waals surface area contributed by atoms with E-state index >= 15 is 0 Å². The van der Waals surface area contributed by atoms with Crippen LogP contribution in [0.5, 0.6) is 11.5 Å². The lowest BCUT2D eigenvalue weighted by Crippen LogP contribution is -2.17. The van der Waals surface area contributed by atoms with E-state index in [1.54, 1.807) is 7.11 Å². The highest BCUT2D eigenvalue weighted by Crippen LogP contribution is 2.29. The Labute approximate surface area is 126 Å². The van der Waals surface area contributed by atoms with Gasteiger partial charge in [0.25, 0.3) is 0 Å². The number of ether oxygens (including phenoxy) is 2. The second-order valence-corrected chi connectivity index (χ2v) is 4.96. The maximum absolute atomic E-state index is 5.59. The molecule has 2 rings (SSSR count). The minimum Gasteiger partial charge on any atom is -0.496 e. The fourth-order valence-electron chi connectivity index (χ4n) is 2.49. The summed E-state index contributed by atoms with van der Waals surface area (Å²) in [5.41, 5.74) is 3.49. The van der Waals surface area contributed by atoms with Crippen molar-refractivity contribution in [2.75, 3.05) is 20.8 Å². The SMILES string of the molecule is CCOc1cccc(C(NC)c2ccc(C)c(OC)c2)c1. The van der Waals surface area contributed by atoms with E-state index in [9.17, 15) is 0 Å². The Balaban J connectivity index is 2.37. The predicted octanol–water partition coefficient (Wildman–Crippen LogP) is 3.71. The summed E-state index contributed by atoms with van der Waals surface area (Å²) >= 11 is 0. The van der Waals surface area contributed by atoms with Crippen LogP contribution in [0.1, 0.15) is 29.7 Å². The monoisotopic (exact) mass is 285 g/mol. The Hall–Kier alpha value is -2.00. The van der Waals surface area contributed by atoms with Crippen LogP contribution in [0, 0.1) is 6.92 Å². The summed E-state index contributed by atoms with van der Waals surface area (Å²) in [5, 5.41) is 3.36. The van der Waals surface area contributed by atoms with Crippen LogP contribution in [0.4, 0.5) is 0 Å². The van der Waals surface area contributed by atoms with E-state index in [4.69, 9.17) is 9.47 Å². The van der Waals surface area contributed by atoms with Gasteiger partial charge in [0.2, 0.25) is 0 Å². The second kappa shape index (κ2) is 7.14. The summed E-state index contributed by atoms with van der Waals surface area (Å²) < 4.78 is 11.0. The molecule has 0 spiro atoms. The highest BCUT2D eigenvalue weighted by atomic mass is 16.5. The van der Waals surface area contributed by atoms with Crippen molar-refractivity contribution in [1.82, 2.24) is 5.32 Å². The van der Waals surface area contributed by atoms with Crippen molar-refractivity contribution in [3.63, 3.8) is 0 Å². The van der Waals surface area contributed by atoms with Gasteiger partial charge in [0.1, 0.15) is 11.5 Å². The standard InChI is InChI=1S/C18H23NO2/c1-5-21-16-8-6-7-14(11-16)18(19-3)15-10-9-13(2)17(12-15)20-4/h6-12,18-19H,5H2,1-4H3. The van der Waals surface area contributed by atoms with E-state index in [1.807, 2.05) is 33.0 Å². The molecule has 0 aromatic heterocycles. The van der Waals surface area contributed by atoms with Crippen molar-refractivity contribution < 1.29 is 9.47 Å². The van der Waals surface area contributed by atoms with Gasteiger partial charge in [-0.3, -0.25) is 0 Å². The molecule has 0 aliphatic rings. The molecule has 0 bridgehead atoms. The molecule has 0 saturated heterocycles. The third kappa shape index (κ3) is 3.56. The van der Waals surface area contributed by atoms with E-state index in [2.05, 4.69) is 35.6 Å². The lowest BCUT2D eigenvalue weighted by molar-refractivity contribution is 0.339. The van der Waals surface area contributed by atoms with Crippen LogP contribution in [0.25, 0.3) is 0 Å². The van der Waals surface area contributed by atoms with Crippen LogP contribution < -0.4 is 14.8 Å². The maximum Gasteiger partial charge on any atom is 0.122 e. The molecule has 2 aromatic carbocycles. The average molecular weight is 285 g/mol. The molecule has 1 atom stereocenters. The zero-order valence-electron chi connectivity index (χ0n) is 13.1. The Kier molecular flexibility index (Phi) is 5.23. The third-order valence-electron chi connectivity index (χ3n) is 3.56. The molecule has 1 unspecified atom stereocenters. The zero-order valence-corrected chi connectivity index (χ0v) is 13.1. The first kappa shape index (κ1) is 15.4. The lowest BCUT2D eigenvalue weighted by atomic mass is 9.97. The summed E-state index contributed by atoms with van der Waals surface area (Å²) in [6, 6.07) is 14.6. The van der Waals surface area contributed by atoms with Crippen LogP contribution in [-0.4, -0.2) is 20.8 Å². The Bertz CT molecular complexity index is 596. The lowest BCUT2D eigenvalue weighted by Gasteiger charge is -2.19. The van der Waals surface area contributed by atoms with E-state index in [1.165, 1.54) is 11.1 Å². The summed E-state index contributed by atoms with van der Waals surface area (Å²) in [6.07, 6.45) is 0. The minimum absolute atomic E-state index is 0.111. The van der Waals surface area contributed by atoms with Gasteiger partial charge >= 0.3 is 0 Å². The molecule has 2 aromatic rings. The first-order valence-corrected chi connectivity index (χ1v) is 7.24. The first-order valence-electron chi connectivity index (χ1n) is 7.24. The predicted molar refractivity (Wildman–Crippen MR) is 86.2 cm³/mol. The van der Waals surface area contributed by atoms with Gasteiger partial charge in [0, 0.05) is 0 Å². The molecule has 0 radical (unpaired) electrons. The summed E-state index contributed by atoms with van der Waals surface area (Å²) in [4.78, 5) is 0. The molecule has 21 heavy (non-hydrogen) atoms. The van der Waals surface area contributed by atoms with Crippen LogP contribution >= 0.6 is 0 Å². The fourth-order valence-corrected chi connectivity index (χ4v) is 2.49. The molecule has 112 valence electrons.